The molecule has 5 nitrogen and oxygen atoms in total. The molecule has 2 aromatic rings. The van der Waals surface area contributed by atoms with Gasteiger partial charge in [0.1, 0.15) is 5.82 Å². The zero-order valence-electron chi connectivity index (χ0n) is 13.6. The summed E-state index contributed by atoms with van der Waals surface area (Å²) in [7, 11) is 0. The third-order valence-corrected chi connectivity index (χ3v) is 3.24. The molecule has 3 N–H and O–H groups in total. The lowest BCUT2D eigenvalue weighted by Gasteiger charge is -2.14. The first kappa shape index (κ1) is 19.2. The Kier molecular flexibility index (Phi) is 5.81. The zero-order chi connectivity index (χ0) is 19.3. The summed E-state index contributed by atoms with van der Waals surface area (Å²) < 4.78 is 52.2. The fraction of sp³-hybridized carbons (Fsp3) is 0.176. The van der Waals surface area contributed by atoms with Gasteiger partial charge in [0.25, 0.3) is 0 Å². The largest absolute Gasteiger partial charge is 0.418 e. The highest BCUT2D eigenvalue weighted by molar-refractivity contribution is 5.95. The molecule has 2 amide bonds. The summed E-state index contributed by atoms with van der Waals surface area (Å²) in [6.07, 6.45) is -4.60. The van der Waals surface area contributed by atoms with Crippen LogP contribution in [0.15, 0.2) is 42.5 Å². The molecule has 0 bridgehead atoms. The Balaban J connectivity index is 2.03. The van der Waals surface area contributed by atoms with Gasteiger partial charge in [-0.2, -0.15) is 13.2 Å². The van der Waals surface area contributed by atoms with Gasteiger partial charge in [0.15, 0.2) is 0 Å². The van der Waals surface area contributed by atoms with E-state index >= 15 is 0 Å². The van der Waals surface area contributed by atoms with Crippen LogP contribution in [-0.2, 0) is 15.8 Å². The minimum atomic E-state index is -4.60. The van der Waals surface area contributed by atoms with Gasteiger partial charge in [-0.15, -0.1) is 0 Å². The number of amides is 2. The number of rotatable bonds is 5. The fourth-order valence-corrected chi connectivity index (χ4v) is 2.14. The van der Waals surface area contributed by atoms with Crippen LogP contribution in [0.1, 0.15) is 12.5 Å². The summed E-state index contributed by atoms with van der Waals surface area (Å²) in [5, 5.41) is 7.12. The van der Waals surface area contributed by atoms with Gasteiger partial charge in [0.2, 0.25) is 11.8 Å². The number of halogens is 4. The molecule has 0 fully saturated rings. The third kappa shape index (κ3) is 5.20. The first-order valence-electron chi connectivity index (χ1n) is 7.44. The van der Waals surface area contributed by atoms with E-state index in [1.54, 1.807) is 0 Å². The molecule has 9 heteroatoms. The van der Waals surface area contributed by atoms with Gasteiger partial charge in [0, 0.05) is 12.6 Å². The number of alkyl halides is 3. The molecule has 0 aliphatic carbocycles. The summed E-state index contributed by atoms with van der Waals surface area (Å²) >= 11 is 0. The number of anilines is 3. The van der Waals surface area contributed by atoms with Crippen molar-refractivity contribution in [2.24, 2.45) is 0 Å². The van der Waals surface area contributed by atoms with E-state index in [9.17, 15) is 27.2 Å². The van der Waals surface area contributed by atoms with Crippen LogP contribution in [0.2, 0.25) is 0 Å². The molecule has 0 heterocycles. The van der Waals surface area contributed by atoms with Crippen molar-refractivity contribution in [1.82, 2.24) is 0 Å². The third-order valence-electron chi connectivity index (χ3n) is 3.24. The van der Waals surface area contributed by atoms with Crippen LogP contribution in [0.5, 0.6) is 0 Å². The number of hydrogen-bond donors (Lipinski definition) is 3. The van der Waals surface area contributed by atoms with Gasteiger partial charge in [0.05, 0.1) is 23.5 Å². The molecule has 26 heavy (non-hydrogen) atoms. The van der Waals surface area contributed by atoms with Crippen LogP contribution < -0.4 is 16.0 Å². The molecule has 138 valence electrons. The summed E-state index contributed by atoms with van der Waals surface area (Å²) in [5.41, 5.74) is -1.08. The molecule has 2 rings (SSSR count). The Morgan fingerprint density at radius 3 is 2.35 bits per heavy atom. The summed E-state index contributed by atoms with van der Waals surface area (Å²) in [6.45, 7) is 0.864. The standard InChI is InChI=1S/C17H15F4N3O2/c1-10(25)23-15-8-11(6-7-13(15)18)22-9-16(26)24-14-5-3-2-4-12(14)17(19,20)21/h2-8,22H,9H2,1H3,(H,23,25)(H,24,26). The number of hydrogen-bond acceptors (Lipinski definition) is 3. The quantitative estimate of drug-likeness (QED) is 0.701. The van der Waals surface area contributed by atoms with Gasteiger partial charge in [-0.1, -0.05) is 12.1 Å². The van der Waals surface area contributed by atoms with Crippen molar-refractivity contribution in [3.8, 4) is 0 Å². The molecular weight excluding hydrogens is 354 g/mol. The monoisotopic (exact) mass is 369 g/mol. The normalized spacial score (nSPS) is 11.0. The highest BCUT2D eigenvalue weighted by Crippen LogP contribution is 2.34. The first-order chi connectivity index (χ1) is 12.2. The SMILES string of the molecule is CC(=O)Nc1cc(NCC(=O)Nc2ccccc2C(F)(F)F)ccc1F. The molecule has 2 aromatic carbocycles. The van der Waals surface area contributed by atoms with E-state index in [1.165, 1.54) is 31.2 Å². The average Bonchev–Trinajstić information content (AvgIpc) is 2.54. The van der Waals surface area contributed by atoms with Crippen molar-refractivity contribution in [3.63, 3.8) is 0 Å². The van der Waals surface area contributed by atoms with E-state index in [1.807, 2.05) is 0 Å². The maximum atomic E-state index is 13.5. The van der Waals surface area contributed by atoms with Gasteiger partial charge < -0.3 is 16.0 Å². The van der Waals surface area contributed by atoms with Crippen LogP contribution in [0.4, 0.5) is 34.6 Å². The average molecular weight is 369 g/mol. The highest BCUT2D eigenvalue weighted by Gasteiger charge is 2.33. The van der Waals surface area contributed by atoms with E-state index in [-0.39, 0.29) is 17.9 Å². The lowest BCUT2D eigenvalue weighted by Crippen LogP contribution is -2.23. The van der Waals surface area contributed by atoms with Crippen LogP contribution >= 0.6 is 0 Å². The lowest BCUT2D eigenvalue weighted by atomic mass is 10.1. The van der Waals surface area contributed by atoms with Crippen molar-refractivity contribution in [1.29, 1.82) is 0 Å². The fourth-order valence-electron chi connectivity index (χ4n) is 2.14. The molecule has 0 atom stereocenters. The molecule has 0 saturated carbocycles. The predicted molar refractivity (Wildman–Crippen MR) is 89.3 cm³/mol. The molecule has 0 aliphatic rings. The Bertz CT molecular complexity index is 822. The smallest absolute Gasteiger partial charge is 0.376 e. The van der Waals surface area contributed by atoms with Crippen molar-refractivity contribution in [2.45, 2.75) is 13.1 Å². The second kappa shape index (κ2) is 7.85. The van der Waals surface area contributed by atoms with E-state index in [2.05, 4.69) is 16.0 Å². The van der Waals surface area contributed by atoms with Crippen molar-refractivity contribution >= 4 is 28.9 Å². The van der Waals surface area contributed by atoms with Gasteiger partial charge in [-0.05, 0) is 30.3 Å². The molecule has 0 unspecified atom stereocenters. The van der Waals surface area contributed by atoms with E-state index < -0.39 is 29.4 Å². The summed E-state index contributed by atoms with van der Waals surface area (Å²) in [4.78, 5) is 22.9. The van der Waals surface area contributed by atoms with E-state index in [0.717, 1.165) is 18.2 Å². The maximum absolute atomic E-state index is 13.5. The number of carbonyl (C=O) groups excluding carboxylic acids is 2. The van der Waals surface area contributed by atoms with Crippen molar-refractivity contribution in [2.75, 3.05) is 22.5 Å². The lowest BCUT2D eigenvalue weighted by molar-refractivity contribution is -0.137. The summed E-state index contributed by atoms with van der Waals surface area (Å²) in [6, 6.07) is 8.29. The summed E-state index contributed by atoms with van der Waals surface area (Å²) in [5.74, 6) is -1.84. The first-order valence-corrected chi connectivity index (χ1v) is 7.44. The van der Waals surface area contributed by atoms with Crippen LogP contribution in [0, 0.1) is 5.82 Å². The molecule has 0 radical (unpaired) electrons. The number of benzene rings is 2. The highest BCUT2D eigenvalue weighted by atomic mass is 19.4. The van der Waals surface area contributed by atoms with Gasteiger partial charge in [-0.3, -0.25) is 9.59 Å². The Morgan fingerprint density at radius 1 is 1.00 bits per heavy atom. The Morgan fingerprint density at radius 2 is 1.69 bits per heavy atom. The molecular formula is C17H15F4N3O2. The van der Waals surface area contributed by atoms with Crippen LogP contribution in [-0.4, -0.2) is 18.4 Å². The minimum Gasteiger partial charge on any atom is -0.376 e. The number of para-hydroxylation sites is 1. The predicted octanol–water partition coefficient (Wildman–Crippen LogP) is 3.85. The van der Waals surface area contributed by atoms with Crippen LogP contribution in [0.25, 0.3) is 0 Å². The Labute approximate surface area is 146 Å². The van der Waals surface area contributed by atoms with E-state index in [0.29, 0.717) is 5.69 Å². The molecule has 0 spiro atoms. The zero-order valence-corrected chi connectivity index (χ0v) is 13.6. The van der Waals surface area contributed by atoms with Crippen molar-refractivity contribution in [3.05, 3.63) is 53.8 Å². The van der Waals surface area contributed by atoms with E-state index in [4.69, 9.17) is 0 Å². The molecule has 0 aliphatic heterocycles. The van der Waals surface area contributed by atoms with Gasteiger partial charge in [-0.25, -0.2) is 4.39 Å². The molecule has 0 saturated heterocycles. The van der Waals surface area contributed by atoms with Gasteiger partial charge >= 0.3 is 6.18 Å². The minimum absolute atomic E-state index is 0.0784. The Hall–Kier alpha value is -3.10. The number of nitrogens with one attached hydrogen (secondary N) is 3. The molecule has 0 aromatic heterocycles. The van der Waals surface area contributed by atoms with Crippen LogP contribution in [0.3, 0.4) is 0 Å². The van der Waals surface area contributed by atoms with Crippen molar-refractivity contribution < 1.29 is 27.2 Å². The second-order valence-electron chi connectivity index (χ2n) is 5.32. The topological polar surface area (TPSA) is 70.2 Å². The second-order valence-corrected chi connectivity index (χ2v) is 5.32. The maximum Gasteiger partial charge on any atom is 0.418 e. The number of carbonyl (C=O) groups is 2.